The number of halogens is 2. The maximum atomic E-state index is 11.0. The van der Waals surface area contributed by atoms with Gasteiger partial charge in [0.15, 0.2) is 6.10 Å². The van der Waals surface area contributed by atoms with Crippen LogP contribution in [0.25, 0.3) is 0 Å². The van der Waals surface area contributed by atoms with E-state index in [1.807, 2.05) is 0 Å². The Morgan fingerprint density at radius 3 is 2.69 bits per heavy atom. The number of carbonyl (C=O) groups excluding carboxylic acids is 1. The van der Waals surface area contributed by atoms with Gasteiger partial charge in [0.2, 0.25) is 0 Å². The Hall–Kier alpha value is -0.620. The van der Waals surface area contributed by atoms with Crippen LogP contribution in [0.2, 0.25) is 5.02 Å². The van der Waals surface area contributed by atoms with Crippen LogP contribution in [0, 0.1) is 0 Å². The van der Waals surface area contributed by atoms with Crippen LogP contribution in [0.1, 0.15) is 11.7 Å². The third kappa shape index (κ3) is 2.95. The zero-order chi connectivity index (χ0) is 12.3. The molecule has 0 aliphatic heterocycles. The lowest BCUT2D eigenvalue weighted by atomic mass is 10.0. The Kier molecular flexibility index (Phi) is 4.73. The molecular weight excluding hydrogens is 299 g/mol. The largest absolute Gasteiger partial charge is 0.467 e. The van der Waals surface area contributed by atoms with Gasteiger partial charge in [0.25, 0.3) is 0 Å². The van der Waals surface area contributed by atoms with Crippen molar-refractivity contribution in [3.63, 3.8) is 0 Å². The second kappa shape index (κ2) is 5.63. The molecule has 2 N–H and O–H groups in total. The molecule has 0 fully saturated rings. The number of benzene rings is 1. The number of hydrogen-bond donors (Lipinski definition) is 2. The van der Waals surface area contributed by atoms with Gasteiger partial charge >= 0.3 is 5.97 Å². The van der Waals surface area contributed by atoms with Crippen molar-refractivity contribution >= 4 is 33.5 Å². The molecule has 1 aromatic rings. The summed E-state index contributed by atoms with van der Waals surface area (Å²) in [5.41, 5.74) is 0.258. The first kappa shape index (κ1) is 13.4. The van der Waals surface area contributed by atoms with Gasteiger partial charge in [-0.2, -0.15) is 0 Å². The quantitative estimate of drug-likeness (QED) is 0.834. The summed E-state index contributed by atoms with van der Waals surface area (Å²) in [5, 5.41) is 19.5. The summed E-state index contributed by atoms with van der Waals surface area (Å²) in [6, 6.07) is 4.76. The predicted octanol–water partition coefficient (Wildman–Crippen LogP) is 1.67. The summed E-state index contributed by atoms with van der Waals surface area (Å²) < 4.78 is 5.00. The first-order valence-corrected chi connectivity index (χ1v) is 5.53. The van der Waals surface area contributed by atoms with Gasteiger partial charge in [0.1, 0.15) is 6.10 Å². The van der Waals surface area contributed by atoms with Crippen LogP contribution < -0.4 is 0 Å². The SMILES string of the molecule is COC(=O)C(O)C(O)c1cc(Br)ccc1Cl. The molecule has 0 spiro atoms. The van der Waals surface area contributed by atoms with E-state index in [9.17, 15) is 15.0 Å². The number of aliphatic hydroxyl groups excluding tert-OH is 2. The molecule has 4 nitrogen and oxygen atoms in total. The molecule has 0 saturated heterocycles. The third-order valence-corrected chi connectivity index (χ3v) is 2.86. The molecule has 0 heterocycles. The first-order valence-electron chi connectivity index (χ1n) is 4.36. The van der Waals surface area contributed by atoms with Crippen molar-refractivity contribution in [3.05, 3.63) is 33.3 Å². The normalized spacial score (nSPS) is 14.3. The summed E-state index contributed by atoms with van der Waals surface area (Å²) in [7, 11) is 1.13. The number of esters is 1. The average molecular weight is 310 g/mol. The molecule has 6 heteroatoms. The minimum absolute atomic E-state index is 0.258. The minimum atomic E-state index is -1.66. The highest BCUT2D eigenvalue weighted by Crippen LogP contribution is 2.28. The number of aliphatic hydroxyl groups is 2. The van der Waals surface area contributed by atoms with Gasteiger partial charge in [-0.3, -0.25) is 0 Å². The fourth-order valence-corrected chi connectivity index (χ4v) is 1.77. The summed E-state index contributed by atoms with van der Waals surface area (Å²) in [4.78, 5) is 11.0. The average Bonchev–Trinajstić information content (AvgIpc) is 2.29. The fraction of sp³-hybridized carbons (Fsp3) is 0.300. The van der Waals surface area contributed by atoms with E-state index < -0.39 is 18.2 Å². The number of carbonyl (C=O) groups is 1. The molecule has 0 aliphatic rings. The summed E-state index contributed by atoms with van der Waals surface area (Å²) >= 11 is 9.04. The van der Waals surface area contributed by atoms with Crippen LogP contribution in [0.5, 0.6) is 0 Å². The van der Waals surface area contributed by atoms with Gasteiger partial charge in [-0.1, -0.05) is 27.5 Å². The molecule has 0 amide bonds. The topological polar surface area (TPSA) is 66.8 Å². The van der Waals surface area contributed by atoms with Crippen molar-refractivity contribution in [2.75, 3.05) is 7.11 Å². The number of rotatable bonds is 3. The van der Waals surface area contributed by atoms with Gasteiger partial charge in [0, 0.05) is 15.1 Å². The molecular formula is C10H10BrClO4. The van der Waals surface area contributed by atoms with Crippen molar-refractivity contribution in [1.29, 1.82) is 0 Å². The molecule has 2 atom stereocenters. The Balaban J connectivity index is 2.99. The zero-order valence-corrected chi connectivity index (χ0v) is 10.7. The van der Waals surface area contributed by atoms with Gasteiger partial charge in [-0.25, -0.2) is 4.79 Å². The number of hydrogen-bond acceptors (Lipinski definition) is 4. The van der Waals surface area contributed by atoms with Crippen molar-refractivity contribution < 1.29 is 19.7 Å². The molecule has 0 saturated carbocycles. The Morgan fingerprint density at radius 1 is 1.50 bits per heavy atom. The maximum Gasteiger partial charge on any atom is 0.337 e. The van der Waals surface area contributed by atoms with Crippen molar-refractivity contribution in [2.24, 2.45) is 0 Å². The molecule has 0 bridgehead atoms. The molecule has 0 radical (unpaired) electrons. The molecule has 1 rings (SSSR count). The molecule has 0 aromatic heterocycles. The van der Waals surface area contributed by atoms with E-state index in [0.717, 1.165) is 7.11 Å². The highest BCUT2D eigenvalue weighted by molar-refractivity contribution is 9.10. The highest BCUT2D eigenvalue weighted by Gasteiger charge is 2.28. The van der Waals surface area contributed by atoms with E-state index in [0.29, 0.717) is 4.47 Å². The van der Waals surface area contributed by atoms with E-state index in [2.05, 4.69) is 20.7 Å². The van der Waals surface area contributed by atoms with Crippen molar-refractivity contribution in [2.45, 2.75) is 12.2 Å². The minimum Gasteiger partial charge on any atom is -0.467 e. The van der Waals surface area contributed by atoms with E-state index in [1.165, 1.54) is 6.07 Å². The van der Waals surface area contributed by atoms with E-state index in [4.69, 9.17) is 11.6 Å². The molecule has 88 valence electrons. The Bertz CT molecular complexity index is 396. The molecule has 16 heavy (non-hydrogen) atoms. The molecule has 2 unspecified atom stereocenters. The number of ether oxygens (including phenoxy) is 1. The first-order chi connectivity index (χ1) is 7.47. The zero-order valence-electron chi connectivity index (χ0n) is 8.35. The van der Waals surface area contributed by atoms with Crippen LogP contribution in [-0.2, 0) is 9.53 Å². The molecule has 0 aliphatic carbocycles. The lowest BCUT2D eigenvalue weighted by Crippen LogP contribution is -2.29. The van der Waals surface area contributed by atoms with Gasteiger partial charge < -0.3 is 14.9 Å². The maximum absolute atomic E-state index is 11.0. The van der Waals surface area contributed by atoms with Gasteiger partial charge in [-0.05, 0) is 18.2 Å². The Labute approximate surface area is 106 Å². The monoisotopic (exact) mass is 308 g/mol. The van der Waals surface area contributed by atoms with Gasteiger partial charge in [-0.15, -0.1) is 0 Å². The lowest BCUT2D eigenvalue weighted by molar-refractivity contribution is -0.156. The third-order valence-electron chi connectivity index (χ3n) is 2.02. The highest BCUT2D eigenvalue weighted by atomic mass is 79.9. The predicted molar refractivity (Wildman–Crippen MR) is 62.1 cm³/mol. The smallest absolute Gasteiger partial charge is 0.337 e. The molecule has 1 aromatic carbocycles. The van der Waals surface area contributed by atoms with E-state index in [-0.39, 0.29) is 10.6 Å². The second-order valence-corrected chi connectivity index (χ2v) is 4.40. The van der Waals surface area contributed by atoms with E-state index in [1.54, 1.807) is 12.1 Å². The number of methoxy groups -OCH3 is 1. The summed E-state index contributed by atoms with van der Waals surface area (Å²) in [5.74, 6) is -0.913. The lowest BCUT2D eigenvalue weighted by Gasteiger charge is -2.17. The van der Waals surface area contributed by atoms with Crippen LogP contribution in [0.4, 0.5) is 0 Å². The standard InChI is InChI=1S/C10H10BrClO4/c1-16-10(15)9(14)8(13)6-4-5(11)2-3-7(6)12/h2-4,8-9,13-14H,1H3. The van der Waals surface area contributed by atoms with Crippen LogP contribution in [-0.4, -0.2) is 29.4 Å². The van der Waals surface area contributed by atoms with E-state index >= 15 is 0 Å². The van der Waals surface area contributed by atoms with Crippen molar-refractivity contribution in [3.8, 4) is 0 Å². The summed E-state index contributed by atoms with van der Waals surface area (Å²) in [6.45, 7) is 0. The van der Waals surface area contributed by atoms with Crippen LogP contribution in [0.3, 0.4) is 0 Å². The van der Waals surface area contributed by atoms with Gasteiger partial charge in [0.05, 0.1) is 7.11 Å². The fourth-order valence-electron chi connectivity index (χ4n) is 1.16. The van der Waals surface area contributed by atoms with Crippen LogP contribution >= 0.6 is 27.5 Å². The summed E-state index contributed by atoms with van der Waals surface area (Å²) in [6.07, 6.45) is -3.07. The van der Waals surface area contributed by atoms with Crippen LogP contribution in [0.15, 0.2) is 22.7 Å². The second-order valence-electron chi connectivity index (χ2n) is 3.08. The van der Waals surface area contributed by atoms with Crippen molar-refractivity contribution in [1.82, 2.24) is 0 Å². The Morgan fingerprint density at radius 2 is 2.12 bits per heavy atom.